The monoisotopic (exact) mass is 457 g/mol. The molecule has 0 bridgehead atoms. The van der Waals surface area contributed by atoms with Crippen molar-refractivity contribution in [2.45, 2.75) is 43.9 Å². The van der Waals surface area contributed by atoms with Crippen LogP contribution in [0, 0.1) is 12.7 Å². The van der Waals surface area contributed by atoms with Crippen LogP contribution in [0.15, 0.2) is 30.5 Å². The van der Waals surface area contributed by atoms with Crippen LogP contribution >= 0.6 is 0 Å². The number of amides is 1. The van der Waals surface area contributed by atoms with Gasteiger partial charge in [-0.25, -0.2) is 4.39 Å². The van der Waals surface area contributed by atoms with Gasteiger partial charge >= 0.3 is 6.18 Å². The van der Waals surface area contributed by atoms with Crippen LogP contribution in [-0.4, -0.2) is 43.5 Å². The molecule has 3 rings (SSSR count). The van der Waals surface area contributed by atoms with E-state index >= 15 is 0 Å². The lowest BCUT2D eigenvalue weighted by molar-refractivity contribution is -0.213. The highest BCUT2D eigenvalue weighted by Crippen LogP contribution is 2.45. The minimum atomic E-state index is -4.68. The van der Waals surface area contributed by atoms with Crippen LogP contribution < -0.4 is 15.8 Å². The van der Waals surface area contributed by atoms with Crippen LogP contribution in [0.2, 0.25) is 0 Å². The van der Waals surface area contributed by atoms with Gasteiger partial charge in [-0.15, -0.1) is 0 Å². The molecule has 1 aromatic heterocycles. The number of carbonyl (C=O) groups excluding carboxylic acids is 1. The number of pyridine rings is 1. The fourth-order valence-corrected chi connectivity index (χ4v) is 3.69. The fraction of sp³-hybridized carbons (Fsp3) is 0.429. The SMILES string of the molecule is COc1c([C@H]2C[C@@H](C(F)(F)F)O[C@@H]2C(=O)Nc2ccnc(C(N)OC)c2)ccc(F)c1C. The number of hydrogen-bond donors (Lipinski definition) is 2. The summed E-state index contributed by atoms with van der Waals surface area (Å²) in [4.78, 5) is 17.0. The molecule has 32 heavy (non-hydrogen) atoms. The highest BCUT2D eigenvalue weighted by atomic mass is 19.4. The fourth-order valence-electron chi connectivity index (χ4n) is 3.69. The summed E-state index contributed by atoms with van der Waals surface area (Å²) in [5.74, 6) is -2.31. The molecule has 0 aliphatic carbocycles. The second-order valence-corrected chi connectivity index (χ2v) is 7.34. The third-order valence-corrected chi connectivity index (χ3v) is 5.34. The van der Waals surface area contributed by atoms with Gasteiger partial charge in [0.25, 0.3) is 5.91 Å². The molecule has 3 N–H and O–H groups in total. The Morgan fingerprint density at radius 1 is 1.31 bits per heavy atom. The summed E-state index contributed by atoms with van der Waals surface area (Å²) in [6.07, 6.45) is -8.31. The van der Waals surface area contributed by atoms with Crippen molar-refractivity contribution in [2.75, 3.05) is 19.5 Å². The van der Waals surface area contributed by atoms with Gasteiger partial charge in [0.2, 0.25) is 0 Å². The molecule has 1 amide bonds. The first-order chi connectivity index (χ1) is 15.1. The van der Waals surface area contributed by atoms with Gasteiger partial charge in [-0.2, -0.15) is 13.2 Å². The van der Waals surface area contributed by atoms with E-state index in [0.717, 1.165) is 6.07 Å². The van der Waals surface area contributed by atoms with Gasteiger partial charge in [0.05, 0.1) is 12.8 Å². The second-order valence-electron chi connectivity index (χ2n) is 7.34. The van der Waals surface area contributed by atoms with Gasteiger partial charge in [0.1, 0.15) is 23.9 Å². The summed E-state index contributed by atoms with van der Waals surface area (Å²) in [5.41, 5.74) is 6.71. The standard InChI is InChI=1S/C21H23F4N3O4/c1-10-14(22)5-4-12(17(10)30-2)13-9-16(21(23,24)25)32-18(13)20(29)28-11-6-7-27-15(8-11)19(26)31-3/h4-8,13,16,18-19H,9,26H2,1-3H3,(H,27,28,29)/t13-,16+,18+,19?/m1/s1. The number of aromatic nitrogens is 1. The van der Waals surface area contributed by atoms with E-state index in [1.165, 1.54) is 45.5 Å². The van der Waals surface area contributed by atoms with E-state index in [0.29, 0.717) is 5.69 Å². The molecule has 11 heteroatoms. The van der Waals surface area contributed by atoms with E-state index in [1.54, 1.807) is 0 Å². The number of rotatable bonds is 6. The Morgan fingerprint density at radius 2 is 2.03 bits per heavy atom. The lowest BCUT2D eigenvalue weighted by atomic mass is 9.88. The molecule has 1 unspecified atom stereocenters. The Hall–Kier alpha value is -2.76. The molecule has 0 radical (unpaired) electrons. The Bertz CT molecular complexity index is 986. The normalized spacial score (nSPS) is 21.9. The lowest BCUT2D eigenvalue weighted by Gasteiger charge is -2.22. The Morgan fingerprint density at radius 3 is 2.66 bits per heavy atom. The molecular weight excluding hydrogens is 434 g/mol. The zero-order chi connectivity index (χ0) is 23.6. The van der Waals surface area contributed by atoms with Crippen LogP contribution in [0.25, 0.3) is 0 Å². The molecule has 174 valence electrons. The van der Waals surface area contributed by atoms with Gasteiger partial charge in [-0.05, 0) is 31.5 Å². The van der Waals surface area contributed by atoms with Crippen molar-refractivity contribution in [3.05, 3.63) is 53.1 Å². The molecule has 1 aliphatic heterocycles. The zero-order valence-electron chi connectivity index (χ0n) is 17.6. The number of nitrogens with one attached hydrogen (secondary N) is 1. The summed E-state index contributed by atoms with van der Waals surface area (Å²) in [6, 6.07) is 5.35. The maximum absolute atomic E-state index is 14.0. The largest absolute Gasteiger partial charge is 0.496 e. The minimum Gasteiger partial charge on any atom is -0.496 e. The number of nitrogens with two attached hydrogens (primary N) is 1. The predicted molar refractivity (Wildman–Crippen MR) is 107 cm³/mol. The number of hydrogen-bond acceptors (Lipinski definition) is 6. The topological polar surface area (TPSA) is 95.7 Å². The summed E-state index contributed by atoms with van der Waals surface area (Å²) in [6.45, 7) is 1.45. The van der Waals surface area contributed by atoms with E-state index in [9.17, 15) is 22.4 Å². The molecule has 1 saturated heterocycles. The van der Waals surface area contributed by atoms with Crippen molar-refractivity contribution >= 4 is 11.6 Å². The number of nitrogens with zero attached hydrogens (tertiary/aromatic N) is 1. The smallest absolute Gasteiger partial charge is 0.414 e. The van der Waals surface area contributed by atoms with Crippen molar-refractivity contribution in [1.29, 1.82) is 0 Å². The predicted octanol–water partition coefficient (Wildman–Crippen LogP) is 3.58. The van der Waals surface area contributed by atoms with Crippen LogP contribution in [0.1, 0.15) is 35.4 Å². The summed E-state index contributed by atoms with van der Waals surface area (Å²) < 4.78 is 69.7. The number of benzene rings is 1. The van der Waals surface area contributed by atoms with Crippen molar-refractivity contribution < 1.29 is 36.6 Å². The molecule has 1 aromatic carbocycles. The molecule has 0 spiro atoms. The molecule has 1 aliphatic rings. The van der Waals surface area contributed by atoms with E-state index in [-0.39, 0.29) is 22.6 Å². The molecule has 1 fully saturated rings. The molecule has 2 heterocycles. The van der Waals surface area contributed by atoms with Crippen molar-refractivity contribution in [3.8, 4) is 5.75 Å². The molecule has 2 aromatic rings. The van der Waals surface area contributed by atoms with Gasteiger partial charge in [0, 0.05) is 36.0 Å². The van der Waals surface area contributed by atoms with Gasteiger partial charge < -0.3 is 25.3 Å². The van der Waals surface area contributed by atoms with Gasteiger partial charge in [-0.3, -0.25) is 9.78 Å². The average molecular weight is 457 g/mol. The minimum absolute atomic E-state index is 0.0801. The molecule has 4 atom stereocenters. The number of methoxy groups -OCH3 is 2. The first-order valence-electron chi connectivity index (χ1n) is 9.67. The molecule has 0 saturated carbocycles. The number of ether oxygens (including phenoxy) is 3. The zero-order valence-corrected chi connectivity index (χ0v) is 17.6. The van der Waals surface area contributed by atoms with Crippen LogP contribution in [0.5, 0.6) is 5.75 Å². The number of carbonyl (C=O) groups is 1. The highest BCUT2D eigenvalue weighted by molar-refractivity contribution is 5.95. The highest BCUT2D eigenvalue weighted by Gasteiger charge is 2.52. The van der Waals surface area contributed by atoms with Crippen LogP contribution in [0.3, 0.4) is 0 Å². The van der Waals surface area contributed by atoms with Gasteiger partial charge in [0.15, 0.2) is 6.10 Å². The van der Waals surface area contributed by atoms with Gasteiger partial charge in [-0.1, -0.05) is 6.07 Å². The molecular formula is C21H23F4N3O4. The maximum Gasteiger partial charge on any atom is 0.414 e. The van der Waals surface area contributed by atoms with E-state index in [2.05, 4.69) is 10.3 Å². The number of alkyl halides is 3. The Labute approximate surface area is 181 Å². The quantitative estimate of drug-likeness (QED) is 0.509. The van der Waals surface area contributed by atoms with Crippen molar-refractivity contribution in [3.63, 3.8) is 0 Å². The van der Waals surface area contributed by atoms with Crippen molar-refractivity contribution in [1.82, 2.24) is 4.98 Å². The third kappa shape index (κ3) is 4.84. The summed E-state index contributed by atoms with van der Waals surface area (Å²) in [7, 11) is 2.67. The lowest BCUT2D eigenvalue weighted by Crippen LogP contribution is -2.34. The van der Waals surface area contributed by atoms with Crippen LogP contribution in [-0.2, 0) is 14.3 Å². The number of anilines is 1. The van der Waals surface area contributed by atoms with Crippen LogP contribution in [0.4, 0.5) is 23.2 Å². The second kappa shape index (κ2) is 9.39. The first kappa shape index (κ1) is 23.9. The Kier molecular flexibility index (Phi) is 7.01. The average Bonchev–Trinajstić information content (AvgIpc) is 3.21. The maximum atomic E-state index is 14.0. The van der Waals surface area contributed by atoms with E-state index < -0.39 is 48.7 Å². The van der Waals surface area contributed by atoms with Crippen molar-refractivity contribution in [2.24, 2.45) is 5.73 Å². The number of halogens is 4. The molecule has 7 nitrogen and oxygen atoms in total. The first-order valence-corrected chi connectivity index (χ1v) is 9.67. The van der Waals surface area contributed by atoms with E-state index in [1.807, 2.05) is 0 Å². The third-order valence-electron chi connectivity index (χ3n) is 5.34. The van der Waals surface area contributed by atoms with E-state index in [4.69, 9.17) is 19.9 Å². The Balaban J connectivity index is 1.94. The summed E-state index contributed by atoms with van der Waals surface area (Å²) >= 11 is 0. The summed E-state index contributed by atoms with van der Waals surface area (Å²) in [5, 5.41) is 2.54.